The van der Waals surface area contributed by atoms with Crippen LogP contribution in [0.25, 0.3) is 5.65 Å². The maximum atomic E-state index is 12.8. The summed E-state index contributed by atoms with van der Waals surface area (Å²) >= 11 is 0. The molecule has 1 aliphatic heterocycles. The SMILES string of the molecule is O=C(c1cnc2ccccn2c1=O)N1CCC(c2ccncc2)CC1. The van der Waals surface area contributed by atoms with E-state index in [0.29, 0.717) is 24.7 Å². The number of aromatic nitrogens is 3. The van der Waals surface area contributed by atoms with Gasteiger partial charge < -0.3 is 4.90 Å². The lowest BCUT2D eigenvalue weighted by Gasteiger charge is -2.32. The number of pyridine rings is 2. The Balaban J connectivity index is 1.53. The maximum absolute atomic E-state index is 12.8. The van der Waals surface area contributed by atoms with Crippen LogP contribution in [0.4, 0.5) is 0 Å². The van der Waals surface area contributed by atoms with E-state index in [-0.39, 0.29) is 17.0 Å². The van der Waals surface area contributed by atoms with E-state index in [1.165, 1.54) is 16.2 Å². The number of likely N-dealkylation sites (tertiary alicyclic amines) is 1. The highest BCUT2D eigenvalue weighted by Crippen LogP contribution is 2.27. The lowest BCUT2D eigenvalue weighted by Crippen LogP contribution is -2.40. The maximum Gasteiger partial charge on any atom is 0.270 e. The fourth-order valence-electron chi connectivity index (χ4n) is 3.40. The Bertz CT molecular complexity index is 960. The van der Waals surface area contributed by atoms with Gasteiger partial charge in [-0.3, -0.25) is 19.0 Å². The van der Waals surface area contributed by atoms with Crippen LogP contribution in [0.3, 0.4) is 0 Å². The fraction of sp³-hybridized carbons (Fsp3) is 0.263. The van der Waals surface area contributed by atoms with Gasteiger partial charge in [0.05, 0.1) is 0 Å². The zero-order valence-electron chi connectivity index (χ0n) is 13.7. The summed E-state index contributed by atoms with van der Waals surface area (Å²) in [5.41, 5.74) is 1.62. The minimum Gasteiger partial charge on any atom is -0.338 e. The predicted octanol–water partition coefficient (Wildman–Crippen LogP) is 2.11. The van der Waals surface area contributed by atoms with Gasteiger partial charge in [0, 0.05) is 37.9 Å². The Kier molecular flexibility index (Phi) is 4.01. The van der Waals surface area contributed by atoms with Crippen molar-refractivity contribution in [2.45, 2.75) is 18.8 Å². The molecule has 4 rings (SSSR count). The number of hydrogen-bond donors (Lipinski definition) is 0. The van der Waals surface area contributed by atoms with Gasteiger partial charge in [-0.25, -0.2) is 4.98 Å². The first-order valence-electron chi connectivity index (χ1n) is 8.39. The van der Waals surface area contributed by atoms with Gasteiger partial charge in [0.25, 0.3) is 11.5 Å². The summed E-state index contributed by atoms with van der Waals surface area (Å²) in [6, 6.07) is 9.37. The molecule has 0 N–H and O–H groups in total. The number of carbonyl (C=O) groups is 1. The van der Waals surface area contributed by atoms with Gasteiger partial charge in [-0.1, -0.05) is 6.07 Å². The average molecular weight is 334 g/mol. The minimum atomic E-state index is -0.313. The molecular formula is C19H18N4O2. The van der Waals surface area contributed by atoms with Gasteiger partial charge in [-0.2, -0.15) is 0 Å². The quantitative estimate of drug-likeness (QED) is 0.720. The lowest BCUT2D eigenvalue weighted by molar-refractivity contribution is 0.0710. The molecule has 126 valence electrons. The molecule has 1 fully saturated rings. The van der Waals surface area contributed by atoms with Crippen molar-refractivity contribution in [3.8, 4) is 0 Å². The van der Waals surface area contributed by atoms with E-state index in [2.05, 4.69) is 9.97 Å². The number of nitrogens with zero attached hydrogens (tertiary/aromatic N) is 4. The Morgan fingerprint density at radius 2 is 1.84 bits per heavy atom. The molecule has 0 atom stereocenters. The van der Waals surface area contributed by atoms with E-state index in [1.807, 2.05) is 18.2 Å². The minimum absolute atomic E-state index is 0.131. The van der Waals surface area contributed by atoms with Gasteiger partial charge >= 0.3 is 0 Å². The highest BCUT2D eigenvalue weighted by atomic mass is 16.2. The number of fused-ring (bicyclic) bond motifs is 1. The summed E-state index contributed by atoms with van der Waals surface area (Å²) in [6.45, 7) is 1.28. The number of amides is 1. The first kappa shape index (κ1) is 15.5. The third-order valence-corrected chi connectivity index (χ3v) is 4.80. The summed E-state index contributed by atoms with van der Waals surface area (Å²) < 4.78 is 1.41. The highest BCUT2D eigenvalue weighted by Gasteiger charge is 2.26. The van der Waals surface area contributed by atoms with E-state index in [1.54, 1.807) is 35.6 Å². The van der Waals surface area contributed by atoms with Gasteiger partial charge in [0.1, 0.15) is 11.2 Å². The van der Waals surface area contributed by atoms with Crippen LogP contribution in [0, 0.1) is 0 Å². The largest absolute Gasteiger partial charge is 0.338 e. The van der Waals surface area contributed by atoms with Gasteiger partial charge in [-0.15, -0.1) is 0 Å². The summed E-state index contributed by atoms with van der Waals surface area (Å²) in [6.07, 6.45) is 8.41. The highest BCUT2D eigenvalue weighted by molar-refractivity contribution is 5.93. The van der Waals surface area contributed by atoms with Crippen molar-refractivity contribution in [3.63, 3.8) is 0 Å². The van der Waals surface area contributed by atoms with Crippen molar-refractivity contribution in [3.05, 3.63) is 76.6 Å². The van der Waals surface area contributed by atoms with Crippen LogP contribution in [-0.4, -0.2) is 38.3 Å². The molecule has 1 aliphatic rings. The molecule has 4 heterocycles. The molecule has 0 bridgehead atoms. The second-order valence-corrected chi connectivity index (χ2v) is 6.25. The topological polar surface area (TPSA) is 67.6 Å². The number of carbonyl (C=O) groups excluding carboxylic acids is 1. The van der Waals surface area contributed by atoms with Gasteiger partial charge in [-0.05, 0) is 48.6 Å². The van der Waals surface area contributed by atoms with Crippen molar-refractivity contribution in [1.29, 1.82) is 0 Å². The first-order valence-corrected chi connectivity index (χ1v) is 8.39. The average Bonchev–Trinajstić information content (AvgIpc) is 2.69. The first-order chi connectivity index (χ1) is 12.2. The van der Waals surface area contributed by atoms with E-state index < -0.39 is 0 Å². The fourth-order valence-corrected chi connectivity index (χ4v) is 3.40. The van der Waals surface area contributed by atoms with Crippen LogP contribution in [0.15, 0.2) is 59.9 Å². The van der Waals surface area contributed by atoms with E-state index in [4.69, 9.17) is 0 Å². The summed E-state index contributed by atoms with van der Waals surface area (Å²) in [4.78, 5) is 35.4. The van der Waals surface area contributed by atoms with Crippen LogP contribution in [0.2, 0.25) is 0 Å². The Hall–Kier alpha value is -3.02. The predicted molar refractivity (Wildman–Crippen MR) is 93.6 cm³/mol. The second-order valence-electron chi connectivity index (χ2n) is 6.25. The zero-order valence-corrected chi connectivity index (χ0v) is 13.7. The van der Waals surface area contributed by atoms with E-state index in [9.17, 15) is 9.59 Å². The third-order valence-electron chi connectivity index (χ3n) is 4.80. The smallest absolute Gasteiger partial charge is 0.270 e. The third kappa shape index (κ3) is 2.91. The molecule has 0 aromatic carbocycles. The molecule has 0 saturated carbocycles. The molecule has 0 radical (unpaired) electrons. The molecule has 3 aromatic heterocycles. The van der Waals surface area contributed by atoms with Gasteiger partial charge in [0.2, 0.25) is 0 Å². The van der Waals surface area contributed by atoms with Crippen LogP contribution in [-0.2, 0) is 0 Å². The monoisotopic (exact) mass is 334 g/mol. The summed E-state index contributed by atoms with van der Waals surface area (Å²) in [7, 11) is 0. The summed E-state index contributed by atoms with van der Waals surface area (Å²) in [5.74, 6) is 0.201. The molecule has 25 heavy (non-hydrogen) atoms. The molecule has 6 heteroatoms. The molecule has 1 amide bonds. The number of hydrogen-bond acceptors (Lipinski definition) is 4. The van der Waals surface area contributed by atoms with Crippen molar-refractivity contribution in [1.82, 2.24) is 19.3 Å². The van der Waals surface area contributed by atoms with Gasteiger partial charge in [0.15, 0.2) is 0 Å². The van der Waals surface area contributed by atoms with Crippen molar-refractivity contribution >= 4 is 11.6 Å². The number of piperidine rings is 1. The van der Waals surface area contributed by atoms with Crippen molar-refractivity contribution in [2.75, 3.05) is 13.1 Å². The van der Waals surface area contributed by atoms with Crippen molar-refractivity contribution in [2.24, 2.45) is 0 Å². The molecule has 6 nitrogen and oxygen atoms in total. The molecule has 1 saturated heterocycles. The number of rotatable bonds is 2. The molecule has 3 aromatic rings. The standard InChI is InChI=1S/C19H18N4O2/c24-18(16-13-21-17-3-1-2-10-23(17)19(16)25)22-11-6-15(7-12-22)14-4-8-20-9-5-14/h1-5,8-10,13,15H,6-7,11-12H2. The normalized spacial score (nSPS) is 15.4. The van der Waals surface area contributed by atoms with E-state index >= 15 is 0 Å². The second kappa shape index (κ2) is 6.47. The Morgan fingerprint density at radius 3 is 2.60 bits per heavy atom. The van der Waals surface area contributed by atoms with Crippen LogP contribution in [0.1, 0.15) is 34.7 Å². The summed E-state index contributed by atoms with van der Waals surface area (Å²) in [5, 5.41) is 0. The van der Waals surface area contributed by atoms with Crippen LogP contribution in [0.5, 0.6) is 0 Å². The Labute approximate surface area is 144 Å². The Morgan fingerprint density at radius 1 is 1.08 bits per heavy atom. The zero-order chi connectivity index (χ0) is 17.2. The lowest BCUT2D eigenvalue weighted by atomic mass is 9.90. The molecule has 0 aliphatic carbocycles. The van der Waals surface area contributed by atoms with E-state index in [0.717, 1.165) is 12.8 Å². The molecule has 0 unspecified atom stereocenters. The van der Waals surface area contributed by atoms with Crippen LogP contribution >= 0.6 is 0 Å². The van der Waals surface area contributed by atoms with Crippen LogP contribution < -0.4 is 5.56 Å². The molecular weight excluding hydrogens is 316 g/mol. The van der Waals surface area contributed by atoms with Crippen molar-refractivity contribution < 1.29 is 4.79 Å². The molecule has 0 spiro atoms.